The van der Waals surface area contributed by atoms with Crippen molar-refractivity contribution in [3.05, 3.63) is 24.3 Å². The van der Waals surface area contributed by atoms with Gasteiger partial charge in [-0.15, -0.1) is 0 Å². The highest BCUT2D eigenvalue weighted by Gasteiger charge is 2.18. The van der Waals surface area contributed by atoms with Crippen LogP contribution in [0.3, 0.4) is 0 Å². The fraction of sp³-hybridized carbons (Fsp3) is 0.920. The highest BCUT2D eigenvalue weighted by atomic mass is 16.5. The van der Waals surface area contributed by atoms with Crippen LogP contribution in [0.2, 0.25) is 0 Å². The summed E-state index contributed by atoms with van der Waals surface area (Å²) in [7, 11) is 0. The summed E-state index contributed by atoms with van der Waals surface area (Å²) in [6.45, 7) is 4.94. The molecule has 0 aromatic heterocycles. The van der Waals surface area contributed by atoms with Crippen molar-refractivity contribution in [2.45, 2.75) is 431 Å². The van der Waals surface area contributed by atoms with Crippen molar-refractivity contribution >= 4 is 11.9 Å². The van der Waals surface area contributed by atoms with Crippen molar-refractivity contribution < 1.29 is 24.5 Å². The van der Waals surface area contributed by atoms with Gasteiger partial charge in [0, 0.05) is 12.8 Å². The fourth-order valence-electron chi connectivity index (χ4n) is 11.8. The number of aliphatic hydroxyl groups is 2. The highest BCUT2D eigenvalue weighted by Crippen LogP contribution is 2.19. The molecule has 2 unspecified atom stereocenters. The van der Waals surface area contributed by atoms with Crippen LogP contribution in [0, 0.1) is 0 Å². The van der Waals surface area contributed by atoms with E-state index in [1.165, 1.54) is 347 Å². The van der Waals surface area contributed by atoms with Crippen LogP contribution in [0.4, 0.5) is 0 Å². The third kappa shape index (κ3) is 67.3. The number of carbonyl (C=O) groups excluding carboxylic acids is 2. The van der Waals surface area contributed by atoms with E-state index < -0.39 is 12.1 Å². The van der Waals surface area contributed by atoms with Gasteiger partial charge < -0.3 is 20.3 Å². The summed E-state index contributed by atoms with van der Waals surface area (Å²) in [6, 6.07) is -0.626. The maximum absolute atomic E-state index is 12.5. The zero-order valence-electron chi connectivity index (χ0n) is 55.0. The van der Waals surface area contributed by atoms with Gasteiger partial charge in [-0.2, -0.15) is 0 Å². The van der Waals surface area contributed by atoms with E-state index in [1.54, 1.807) is 6.08 Å². The zero-order valence-corrected chi connectivity index (χ0v) is 55.0. The molecule has 81 heavy (non-hydrogen) atoms. The Morgan fingerprint density at radius 3 is 0.877 bits per heavy atom. The van der Waals surface area contributed by atoms with Crippen LogP contribution in [0.5, 0.6) is 0 Å². The van der Waals surface area contributed by atoms with Crippen molar-refractivity contribution in [2.24, 2.45) is 0 Å². The van der Waals surface area contributed by atoms with Crippen molar-refractivity contribution in [1.29, 1.82) is 0 Å². The molecular weight excluding hydrogens is 995 g/mol. The molecule has 0 heterocycles. The van der Waals surface area contributed by atoms with Gasteiger partial charge in [-0.3, -0.25) is 9.59 Å². The second kappa shape index (κ2) is 70.8. The van der Waals surface area contributed by atoms with Crippen LogP contribution < -0.4 is 5.32 Å². The number of amides is 1. The van der Waals surface area contributed by atoms with Gasteiger partial charge in [-0.25, -0.2) is 0 Å². The topological polar surface area (TPSA) is 95.9 Å². The molecule has 2 atom stereocenters. The molecule has 6 heteroatoms. The maximum Gasteiger partial charge on any atom is 0.305 e. The monoisotopic (exact) mass is 1140 g/mol. The number of allylic oxidation sites excluding steroid dienone is 3. The molecule has 0 spiro atoms. The van der Waals surface area contributed by atoms with Gasteiger partial charge >= 0.3 is 5.97 Å². The Kier molecular flexibility index (Phi) is 69.4. The van der Waals surface area contributed by atoms with Crippen LogP contribution in [-0.2, 0) is 14.3 Å². The molecule has 480 valence electrons. The second-order valence-electron chi connectivity index (χ2n) is 25.6. The Labute approximate surface area is 507 Å². The largest absolute Gasteiger partial charge is 0.466 e. The first-order valence-corrected chi connectivity index (χ1v) is 37.1. The van der Waals surface area contributed by atoms with Crippen molar-refractivity contribution in [1.82, 2.24) is 5.32 Å². The molecule has 0 aromatic carbocycles. The van der Waals surface area contributed by atoms with Crippen molar-refractivity contribution in [2.75, 3.05) is 13.2 Å². The van der Waals surface area contributed by atoms with E-state index in [0.717, 1.165) is 44.9 Å². The van der Waals surface area contributed by atoms with Gasteiger partial charge in [-0.05, 0) is 57.8 Å². The molecular formula is C75H145NO5. The highest BCUT2D eigenvalue weighted by molar-refractivity contribution is 5.76. The molecule has 0 fully saturated rings. The van der Waals surface area contributed by atoms with Crippen LogP contribution in [0.15, 0.2) is 24.3 Å². The Hall–Kier alpha value is -1.66. The first-order chi connectivity index (χ1) is 40.0. The summed E-state index contributed by atoms with van der Waals surface area (Å²) in [6.07, 6.45) is 89.9. The quantitative estimate of drug-likeness (QED) is 0.0320. The number of rotatable bonds is 70. The molecule has 0 bridgehead atoms. The van der Waals surface area contributed by atoms with E-state index >= 15 is 0 Å². The van der Waals surface area contributed by atoms with E-state index in [9.17, 15) is 19.8 Å². The van der Waals surface area contributed by atoms with Gasteiger partial charge in [0.25, 0.3) is 0 Å². The first kappa shape index (κ1) is 79.3. The van der Waals surface area contributed by atoms with Gasteiger partial charge in [0.1, 0.15) is 0 Å². The summed E-state index contributed by atoms with van der Waals surface area (Å²) in [5.74, 6) is -0.0487. The summed E-state index contributed by atoms with van der Waals surface area (Å²) in [5.41, 5.74) is 0. The first-order valence-electron chi connectivity index (χ1n) is 37.1. The third-order valence-electron chi connectivity index (χ3n) is 17.5. The number of carbonyl (C=O) groups is 2. The number of unbranched alkanes of at least 4 members (excludes halogenated alkanes) is 57. The molecule has 6 nitrogen and oxygen atoms in total. The molecule has 3 N–H and O–H groups in total. The van der Waals surface area contributed by atoms with E-state index in [1.807, 2.05) is 6.08 Å². The van der Waals surface area contributed by atoms with Crippen LogP contribution in [-0.4, -0.2) is 47.4 Å². The number of nitrogens with one attached hydrogen (secondary N) is 1. The number of esters is 1. The Morgan fingerprint density at radius 1 is 0.333 bits per heavy atom. The number of ether oxygens (including phenoxy) is 1. The molecule has 0 rings (SSSR count). The lowest BCUT2D eigenvalue weighted by Gasteiger charge is -2.20. The molecule has 0 saturated carbocycles. The predicted molar refractivity (Wildman–Crippen MR) is 356 cm³/mol. The van der Waals surface area contributed by atoms with Crippen LogP contribution >= 0.6 is 0 Å². The van der Waals surface area contributed by atoms with E-state index in [2.05, 4.69) is 31.3 Å². The lowest BCUT2D eigenvalue weighted by Crippen LogP contribution is -2.45. The molecule has 0 aliphatic rings. The predicted octanol–water partition coefficient (Wildman–Crippen LogP) is 24.1. The number of aliphatic hydroxyl groups excluding tert-OH is 2. The molecule has 0 aliphatic heterocycles. The average Bonchev–Trinajstić information content (AvgIpc) is 3.47. The summed E-state index contributed by atoms with van der Waals surface area (Å²) in [5, 5.41) is 23.3. The van der Waals surface area contributed by atoms with E-state index in [-0.39, 0.29) is 18.5 Å². The average molecular weight is 1140 g/mol. The van der Waals surface area contributed by atoms with E-state index in [0.29, 0.717) is 19.4 Å². The van der Waals surface area contributed by atoms with E-state index in [4.69, 9.17) is 4.74 Å². The Morgan fingerprint density at radius 2 is 0.580 bits per heavy atom. The lowest BCUT2D eigenvalue weighted by atomic mass is 10.0. The summed E-state index contributed by atoms with van der Waals surface area (Å²) >= 11 is 0. The molecule has 0 radical (unpaired) electrons. The smallest absolute Gasteiger partial charge is 0.305 e. The number of hydrogen-bond donors (Lipinski definition) is 3. The lowest BCUT2D eigenvalue weighted by molar-refractivity contribution is -0.143. The minimum Gasteiger partial charge on any atom is -0.466 e. The summed E-state index contributed by atoms with van der Waals surface area (Å²) in [4.78, 5) is 24.6. The van der Waals surface area contributed by atoms with Crippen LogP contribution in [0.25, 0.3) is 0 Å². The van der Waals surface area contributed by atoms with Gasteiger partial charge in [0.15, 0.2) is 0 Å². The van der Waals surface area contributed by atoms with Gasteiger partial charge in [0.2, 0.25) is 5.91 Å². The molecule has 0 aliphatic carbocycles. The normalized spacial score (nSPS) is 12.6. The third-order valence-corrected chi connectivity index (χ3v) is 17.5. The molecule has 0 aromatic rings. The Bertz CT molecular complexity index is 1270. The standard InChI is InChI=1S/C75H145NO5/c1-3-5-7-9-11-13-15-17-19-21-22-33-36-39-43-47-51-55-59-63-67-73(78)72(71-77)76-74(79)68-64-60-56-52-48-44-40-37-34-31-29-27-25-23-24-26-28-30-32-35-38-42-46-50-54-58-62-66-70-81-75(80)69-65-61-57-53-49-45-41-20-18-16-14-12-10-8-6-4-2/h20,41,63,67,72-73,77-78H,3-19,21-40,42-62,64-66,68-71H2,1-2H3,(H,76,79)/b41-20-,67-63+. The van der Waals surface area contributed by atoms with Crippen LogP contribution in [0.1, 0.15) is 418 Å². The minimum absolute atomic E-state index is 0.0119. The summed E-state index contributed by atoms with van der Waals surface area (Å²) < 4.78 is 5.50. The van der Waals surface area contributed by atoms with Crippen molar-refractivity contribution in [3.8, 4) is 0 Å². The maximum atomic E-state index is 12.5. The zero-order chi connectivity index (χ0) is 58.5. The molecule has 0 saturated heterocycles. The van der Waals surface area contributed by atoms with Gasteiger partial charge in [0.05, 0.1) is 25.4 Å². The fourth-order valence-corrected chi connectivity index (χ4v) is 11.8. The van der Waals surface area contributed by atoms with Gasteiger partial charge in [-0.1, -0.05) is 372 Å². The minimum atomic E-state index is -0.843. The number of hydrogen-bond acceptors (Lipinski definition) is 5. The second-order valence-corrected chi connectivity index (χ2v) is 25.6. The molecule has 1 amide bonds. The SMILES string of the molecule is CCCCCCCCC/C=C\CCCCCCCC(=O)OCCCCCCCCCCCCCCCCCCCCCCCCCCCCCCC(=O)NC(CO)C(O)/C=C/CCCCCCCCCCCCCCCCCCCC. The van der Waals surface area contributed by atoms with Crippen molar-refractivity contribution in [3.63, 3.8) is 0 Å². The Balaban J connectivity index is 3.36.